The van der Waals surface area contributed by atoms with Gasteiger partial charge in [0.1, 0.15) is 4.99 Å². The van der Waals surface area contributed by atoms with Crippen LogP contribution in [0.2, 0.25) is 0 Å². The number of nitrogens with one attached hydrogen (secondary N) is 1. The number of hydrogen-bond donors (Lipinski definition) is 2. The Kier molecular flexibility index (Phi) is 4.48. The maximum absolute atomic E-state index is 5.86. The summed E-state index contributed by atoms with van der Waals surface area (Å²) in [6.45, 7) is 4.07. The lowest BCUT2D eigenvalue weighted by Gasteiger charge is -2.06. The van der Waals surface area contributed by atoms with Crippen molar-refractivity contribution >= 4 is 28.9 Å². The van der Waals surface area contributed by atoms with Gasteiger partial charge in [-0.05, 0) is 26.0 Å². The van der Waals surface area contributed by atoms with Crippen molar-refractivity contribution in [3.63, 3.8) is 0 Å². The summed E-state index contributed by atoms with van der Waals surface area (Å²) in [5.74, 6) is 0.291. The normalized spacial score (nSPS) is 11.2. The molecule has 0 fully saturated rings. The number of thiocarbonyl (C=S) groups is 1. The van der Waals surface area contributed by atoms with E-state index in [1.807, 2.05) is 62.4 Å². The highest BCUT2D eigenvalue weighted by molar-refractivity contribution is 7.80. The molecule has 0 aliphatic heterocycles. The van der Waals surface area contributed by atoms with Gasteiger partial charge in [-0.2, -0.15) is 0 Å². The van der Waals surface area contributed by atoms with E-state index in [-0.39, 0.29) is 0 Å². The molecule has 0 aliphatic rings. The number of benzene rings is 2. The summed E-state index contributed by atoms with van der Waals surface area (Å²) in [5.41, 5.74) is 10.0. The molecule has 102 valence electrons. The number of aryl methyl sites for hydroxylation is 2. The highest BCUT2D eigenvalue weighted by Crippen LogP contribution is 2.09. The predicted molar refractivity (Wildman–Crippen MR) is 89.3 cm³/mol. The number of rotatable bonds is 2. The number of aliphatic imine (C=N–C) groups is 1. The predicted octanol–water partition coefficient (Wildman–Crippen LogP) is 3.41. The molecule has 0 atom stereocenters. The molecular formula is C16H17N3S. The lowest BCUT2D eigenvalue weighted by molar-refractivity contribution is 1.44. The Morgan fingerprint density at radius 2 is 1.45 bits per heavy atom. The van der Waals surface area contributed by atoms with E-state index in [1.165, 1.54) is 11.1 Å². The van der Waals surface area contributed by atoms with Gasteiger partial charge in [-0.15, -0.1) is 0 Å². The molecule has 0 aromatic heterocycles. The Labute approximate surface area is 124 Å². The van der Waals surface area contributed by atoms with Crippen LogP contribution in [0.4, 0.5) is 5.69 Å². The topological polar surface area (TPSA) is 50.4 Å². The van der Waals surface area contributed by atoms with Crippen LogP contribution in [-0.2, 0) is 0 Å². The number of guanidine groups is 1. The van der Waals surface area contributed by atoms with Crippen molar-refractivity contribution in [2.75, 3.05) is 5.32 Å². The molecule has 0 saturated heterocycles. The van der Waals surface area contributed by atoms with E-state index in [0.29, 0.717) is 10.9 Å². The summed E-state index contributed by atoms with van der Waals surface area (Å²) in [5, 5.41) is 3.02. The van der Waals surface area contributed by atoms with Gasteiger partial charge in [-0.25, -0.2) is 4.99 Å². The Morgan fingerprint density at radius 3 is 2.00 bits per heavy atom. The van der Waals surface area contributed by atoms with E-state index >= 15 is 0 Å². The van der Waals surface area contributed by atoms with Gasteiger partial charge in [0.05, 0.1) is 0 Å². The van der Waals surface area contributed by atoms with Crippen LogP contribution in [0.15, 0.2) is 53.5 Å². The molecule has 2 aromatic carbocycles. The second-order valence-electron chi connectivity index (χ2n) is 4.66. The van der Waals surface area contributed by atoms with Gasteiger partial charge in [-0.3, -0.25) is 0 Å². The molecule has 0 spiro atoms. The third-order valence-electron chi connectivity index (χ3n) is 2.84. The monoisotopic (exact) mass is 283 g/mol. The van der Waals surface area contributed by atoms with Crippen molar-refractivity contribution in [1.82, 2.24) is 0 Å². The van der Waals surface area contributed by atoms with E-state index in [0.717, 1.165) is 11.3 Å². The first-order valence-electron chi connectivity index (χ1n) is 6.33. The molecule has 2 rings (SSSR count). The van der Waals surface area contributed by atoms with E-state index in [9.17, 15) is 0 Å². The van der Waals surface area contributed by atoms with Crippen LogP contribution in [0.5, 0.6) is 0 Å². The zero-order valence-corrected chi connectivity index (χ0v) is 12.4. The summed E-state index contributed by atoms with van der Waals surface area (Å²) in [6.07, 6.45) is 0. The fourth-order valence-corrected chi connectivity index (χ4v) is 1.92. The average molecular weight is 283 g/mol. The molecule has 0 radical (unpaired) electrons. The van der Waals surface area contributed by atoms with E-state index in [4.69, 9.17) is 18.0 Å². The van der Waals surface area contributed by atoms with Gasteiger partial charge < -0.3 is 11.1 Å². The minimum atomic E-state index is 0.291. The highest BCUT2D eigenvalue weighted by atomic mass is 32.1. The Morgan fingerprint density at radius 1 is 0.950 bits per heavy atom. The maximum atomic E-state index is 5.86. The fraction of sp³-hybridized carbons (Fsp3) is 0.125. The third kappa shape index (κ3) is 3.90. The molecule has 3 nitrogen and oxygen atoms in total. The van der Waals surface area contributed by atoms with Crippen LogP contribution < -0.4 is 11.1 Å². The Hall–Kier alpha value is -2.20. The van der Waals surface area contributed by atoms with Gasteiger partial charge in [-0.1, -0.05) is 59.7 Å². The highest BCUT2D eigenvalue weighted by Gasteiger charge is 2.01. The van der Waals surface area contributed by atoms with Crippen LogP contribution in [0.3, 0.4) is 0 Å². The molecule has 0 aliphatic carbocycles. The number of anilines is 1. The van der Waals surface area contributed by atoms with Crippen LogP contribution in [0.1, 0.15) is 16.7 Å². The van der Waals surface area contributed by atoms with Gasteiger partial charge >= 0.3 is 0 Å². The molecule has 20 heavy (non-hydrogen) atoms. The maximum Gasteiger partial charge on any atom is 0.199 e. The summed E-state index contributed by atoms with van der Waals surface area (Å²) in [6, 6.07) is 15.8. The summed E-state index contributed by atoms with van der Waals surface area (Å²) < 4.78 is 0. The van der Waals surface area contributed by atoms with Crippen molar-refractivity contribution in [3.05, 3.63) is 65.2 Å². The minimum absolute atomic E-state index is 0.291. The third-order valence-corrected chi connectivity index (χ3v) is 3.17. The van der Waals surface area contributed by atoms with Crippen LogP contribution in [-0.4, -0.2) is 10.9 Å². The van der Waals surface area contributed by atoms with Crippen molar-refractivity contribution in [2.24, 2.45) is 10.7 Å². The fourth-order valence-electron chi connectivity index (χ4n) is 1.68. The molecule has 0 unspecified atom stereocenters. The first-order chi connectivity index (χ1) is 9.54. The van der Waals surface area contributed by atoms with Crippen molar-refractivity contribution < 1.29 is 0 Å². The van der Waals surface area contributed by atoms with Crippen molar-refractivity contribution in [2.45, 2.75) is 13.8 Å². The molecule has 0 heterocycles. The quantitative estimate of drug-likeness (QED) is 0.504. The second kappa shape index (κ2) is 6.30. The molecule has 2 aromatic rings. The number of nitrogens with two attached hydrogens (primary N) is 1. The number of hydrogen-bond acceptors (Lipinski definition) is 1. The van der Waals surface area contributed by atoms with E-state index < -0.39 is 0 Å². The van der Waals surface area contributed by atoms with Crippen molar-refractivity contribution in [1.29, 1.82) is 0 Å². The molecule has 3 N–H and O–H groups in total. The first kappa shape index (κ1) is 14.2. The minimum Gasteiger partial charge on any atom is -0.369 e. The zero-order chi connectivity index (χ0) is 14.5. The molecule has 0 bridgehead atoms. The standard InChI is InChI=1S/C16H17N3S/c1-11-3-7-13(8-4-11)15(20)19-16(17)18-14-9-5-12(2)6-10-14/h3-10H,1-2H3,(H3,17,18,19,20). The van der Waals surface area contributed by atoms with Crippen molar-refractivity contribution in [3.8, 4) is 0 Å². The first-order valence-corrected chi connectivity index (χ1v) is 6.74. The SMILES string of the molecule is Cc1ccc(NC(N)=NC(=S)c2ccc(C)cc2)cc1. The lowest BCUT2D eigenvalue weighted by Crippen LogP contribution is -2.23. The second-order valence-corrected chi connectivity index (χ2v) is 5.05. The van der Waals surface area contributed by atoms with Gasteiger partial charge in [0.15, 0.2) is 5.96 Å². The summed E-state index contributed by atoms with van der Waals surface area (Å²) in [7, 11) is 0. The Bertz CT molecular complexity index is 628. The average Bonchev–Trinajstić information content (AvgIpc) is 2.42. The summed E-state index contributed by atoms with van der Waals surface area (Å²) >= 11 is 5.27. The van der Waals surface area contributed by atoms with Crippen LogP contribution in [0.25, 0.3) is 0 Å². The molecular weight excluding hydrogens is 266 g/mol. The Balaban J connectivity index is 2.07. The van der Waals surface area contributed by atoms with Crippen LogP contribution in [0, 0.1) is 13.8 Å². The zero-order valence-electron chi connectivity index (χ0n) is 11.6. The largest absolute Gasteiger partial charge is 0.369 e. The van der Waals surface area contributed by atoms with Crippen LogP contribution >= 0.6 is 12.2 Å². The van der Waals surface area contributed by atoms with Gasteiger partial charge in [0.25, 0.3) is 0 Å². The van der Waals surface area contributed by atoms with E-state index in [2.05, 4.69) is 10.3 Å². The van der Waals surface area contributed by atoms with Gasteiger partial charge in [0.2, 0.25) is 0 Å². The number of nitrogens with zero attached hydrogens (tertiary/aromatic N) is 1. The summed E-state index contributed by atoms with van der Waals surface area (Å²) in [4.78, 5) is 4.68. The smallest absolute Gasteiger partial charge is 0.199 e. The van der Waals surface area contributed by atoms with E-state index in [1.54, 1.807) is 0 Å². The van der Waals surface area contributed by atoms with Gasteiger partial charge in [0, 0.05) is 11.3 Å². The lowest BCUT2D eigenvalue weighted by atomic mass is 10.1. The molecule has 0 amide bonds. The molecule has 4 heteroatoms. The molecule has 0 saturated carbocycles.